The Hall–Kier alpha value is -0.690. The third-order valence-corrected chi connectivity index (χ3v) is 4.95. The molecule has 0 amide bonds. The van der Waals surface area contributed by atoms with E-state index in [1.54, 1.807) is 13.2 Å². The molecule has 2 heterocycles. The van der Waals surface area contributed by atoms with Crippen LogP contribution >= 0.6 is 15.9 Å². The fourth-order valence-corrected chi connectivity index (χ4v) is 3.88. The highest BCUT2D eigenvalue weighted by molar-refractivity contribution is 9.10. The van der Waals surface area contributed by atoms with E-state index in [2.05, 4.69) is 31.2 Å². The Labute approximate surface area is 103 Å². The van der Waals surface area contributed by atoms with E-state index in [-0.39, 0.29) is 17.4 Å². The van der Waals surface area contributed by atoms with Gasteiger partial charge >= 0.3 is 0 Å². The molecular formula is C9H12BrN3O2S. The quantitative estimate of drug-likeness (QED) is 0.888. The van der Waals surface area contributed by atoms with E-state index in [4.69, 9.17) is 0 Å². The van der Waals surface area contributed by atoms with E-state index in [0.717, 1.165) is 4.47 Å². The molecule has 1 aromatic rings. The first-order valence-corrected chi connectivity index (χ1v) is 7.54. The predicted molar refractivity (Wildman–Crippen MR) is 65.3 cm³/mol. The number of aromatic nitrogens is 2. The van der Waals surface area contributed by atoms with Crippen LogP contribution in [0.5, 0.6) is 0 Å². The molecule has 1 aliphatic heterocycles. The summed E-state index contributed by atoms with van der Waals surface area (Å²) in [4.78, 5) is 8.48. The number of hydrogen-bond donors (Lipinski definition) is 1. The molecule has 0 spiro atoms. The molecule has 1 fully saturated rings. The van der Waals surface area contributed by atoms with Gasteiger partial charge in [-0.15, -0.1) is 0 Å². The van der Waals surface area contributed by atoms with Crippen LogP contribution in [0.25, 0.3) is 0 Å². The van der Waals surface area contributed by atoms with Crippen LogP contribution in [0.15, 0.2) is 10.7 Å². The van der Waals surface area contributed by atoms with Gasteiger partial charge in [0.05, 0.1) is 16.0 Å². The molecule has 5 nitrogen and oxygen atoms in total. The summed E-state index contributed by atoms with van der Waals surface area (Å²) >= 11 is 3.32. The van der Waals surface area contributed by atoms with Gasteiger partial charge in [0, 0.05) is 19.2 Å². The van der Waals surface area contributed by atoms with E-state index in [0.29, 0.717) is 18.1 Å². The summed E-state index contributed by atoms with van der Waals surface area (Å²) in [6.45, 7) is 0. The molecule has 0 aliphatic carbocycles. The largest absolute Gasteiger partial charge is 0.372 e. The van der Waals surface area contributed by atoms with Gasteiger partial charge in [-0.3, -0.25) is 0 Å². The molecule has 0 radical (unpaired) electrons. The van der Waals surface area contributed by atoms with Crippen LogP contribution in [0, 0.1) is 0 Å². The molecule has 0 bridgehead atoms. The molecule has 1 aliphatic rings. The molecule has 88 valence electrons. The van der Waals surface area contributed by atoms with Crippen molar-refractivity contribution in [2.75, 3.05) is 23.9 Å². The van der Waals surface area contributed by atoms with Gasteiger partial charge in [-0.05, 0) is 22.4 Å². The van der Waals surface area contributed by atoms with Crippen molar-refractivity contribution in [2.45, 2.75) is 12.3 Å². The SMILES string of the molecule is CNc1nc(C2CCS(=O)(=O)C2)ncc1Br. The standard InChI is InChI=1S/C9H12BrN3O2S/c1-11-9-7(10)4-12-8(13-9)6-2-3-16(14,15)5-6/h4,6H,2-3,5H2,1H3,(H,11,12,13). The minimum absolute atomic E-state index is 0.0646. The van der Waals surface area contributed by atoms with Crippen molar-refractivity contribution < 1.29 is 8.42 Å². The van der Waals surface area contributed by atoms with Crippen molar-refractivity contribution in [1.29, 1.82) is 0 Å². The first-order chi connectivity index (χ1) is 7.52. The average molecular weight is 306 g/mol. The van der Waals surface area contributed by atoms with Crippen molar-refractivity contribution >= 4 is 31.6 Å². The first-order valence-electron chi connectivity index (χ1n) is 4.92. The van der Waals surface area contributed by atoms with Crippen LogP contribution in [-0.4, -0.2) is 36.9 Å². The molecule has 0 saturated carbocycles. The Bertz CT molecular complexity index is 503. The average Bonchev–Trinajstić information content (AvgIpc) is 2.59. The van der Waals surface area contributed by atoms with E-state index >= 15 is 0 Å². The Morgan fingerprint density at radius 1 is 1.56 bits per heavy atom. The summed E-state index contributed by atoms with van der Waals surface area (Å²) in [6, 6.07) is 0. The molecule has 1 aromatic heterocycles. The normalized spacial score (nSPS) is 23.2. The van der Waals surface area contributed by atoms with Crippen LogP contribution in [-0.2, 0) is 9.84 Å². The van der Waals surface area contributed by atoms with Gasteiger partial charge in [-0.1, -0.05) is 0 Å². The Morgan fingerprint density at radius 3 is 2.88 bits per heavy atom. The lowest BCUT2D eigenvalue weighted by Crippen LogP contribution is -2.08. The maximum Gasteiger partial charge on any atom is 0.151 e. The molecule has 1 unspecified atom stereocenters. The van der Waals surface area contributed by atoms with Gasteiger partial charge in [0.25, 0.3) is 0 Å². The lowest BCUT2D eigenvalue weighted by atomic mass is 10.1. The number of nitrogens with one attached hydrogen (secondary N) is 1. The highest BCUT2D eigenvalue weighted by Crippen LogP contribution is 2.28. The minimum atomic E-state index is -2.89. The molecule has 2 rings (SSSR count). The minimum Gasteiger partial charge on any atom is -0.372 e. The molecule has 1 N–H and O–H groups in total. The predicted octanol–water partition coefficient (Wildman–Crippen LogP) is 1.18. The lowest BCUT2D eigenvalue weighted by molar-refractivity contribution is 0.601. The maximum absolute atomic E-state index is 11.4. The molecule has 1 atom stereocenters. The van der Waals surface area contributed by atoms with Gasteiger partial charge in [0.15, 0.2) is 9.84 Å². The van der Waals surface area contributed by atoms with E-state index in [1.807, 2.05) is 0 Å². The summed E-state index contributed by atoms with van der Waals surface area (Å²) in [5.74, 6) is 1.64. The smallest absolute Gasteiger partial charge is 0.151 e. The van der Waals surface area contributed by atoms with Crippen molar-refractivity contribution in [2.24, 2.45) is 0 Å². The second kappa shape index (κ2) is 4.29. The third-order valence-electron chi connectivity index (χ3n) is 2.60. The van der Waals surface area contributed by atoms with E-state index < -0.39 is 9.84 Å². The number of rotatable bonds is 2. The van der Waals surface area contributed by atoms with Crippen LogP contribution < -0.4 is 5.32 Å². The maximum atomic E-state index is 11.4. The van der Waals surface area contributed by atoms with Gasteiger partial charge in [0.1, 0.15) is 11.6 Å². The number of nitrogens with zero attached hydrogens (tertiary/aromatic N) is 2. The van der Waals surface area contributed by atoms with Crippen molar-refractivity contribution in [3.63, 3.8) is 0 Å². The molecular weight excluding hydrogens is 294 g/mol. The highest BCUT2D eigenvalue weighted by atomic mass is 79.9. The fraction of sp³-hybridized carbons (Fsp3) is 0.556. The summed E-state index contributed by atoms with van der Waals surface area (Å²) < 4.78 is 23.5. The zero-order valence-corrected chi connectivity index (χ0v) is 11.2. The molecule has 1 saturated heterocycles. The van der Waals surface area contributed by atoms with Crippen LogP contribution in [0.3, 0.4) is 0 Å². The van der Waals surface area contributed by atoms with Gasteiger partial charge < -0.3 is 5.32 Å². The summed E-state index contributed by atoms with van der Waals surface area (Å²) in [6.07, 6.45) is 2.27. The fourth-order valence-electron chi connectivity index (χ4n) is 1.75. The third kappa shape index (κ3) is 2.35. The van der Waals surface area contributed by atoms with Gasteiger partial charge in [-0.25, -0.2) is 18.4 Å². The van der Waals surface area contributed by atoms with Crippen molar-refractivity contribution in [3.05, 3.63) is 16.5 Å². The van der Waals surface area contributed by atoms with Gasteiger partial charge in [0.2, 0.25) is 0 Å². The number of hydrogen-bond acceptors (Lipinski definition) is 5. The Kier molecular flexibility index (Phi) is 3.16. The lowest BCUT2D eigenvalue weighted by Gasteiger charge is -2.08. The Balaban J connectivity index is 2.29. The first kappa shape index (κ1) is 11.8. The second-order valence-electron chi connectivity index (χ2n) is 3.77. The molecule has 16 heavy (non-hydrogen) atoms. The Morgan fingerprint density at radius 2 is 2.31 bits per heavy atom. The van der Waals surface area contributed by atoms with Crippen LogP contribution in [0.2, 0.25) is 0 Å². The van der Waals surface area contributed by atoms with Gasteiger partial charge in [-0.2, -0.15) is 0 Å². The topological polar surface area (TPSA) is 72.0 Å². The van der Waals surface area contributed by atoms with Crippen LogP contribution in [0.4, 0.5) is 5.82 Å². The van der Waals surface area contributed by atoms with E-state index in [9.17, 15) is 8.42 Å². The zero-order chi connectivity index (χ0) is 11.8. The summed E-state index contributed by atoms with van der Waals surface area (Å²) in [5, 5.41) is 2.93. The summed E-state index contributed by atoms with van der Waals surface area (Å²) in [5.41, 5.74) is 0. The van der Waals surface area contributed by atoms with E-state index in [1.165, 1.54) is 0 Å². The van der Waals surface area contributed by atoms with Crippen molar-refractivity contribution in [3.8, 4) is 0 Å². The highest BCUT2D eigenvalue weighted by Gasteiger charge is 2.31. The molecule has 7 heteroatoms. The number of anilines is 1. The van der Waals surface area contributed by atoms with Crippen molar-refractivity contribution in [1.82, 2.24) is 9.97 Å². The monoisotopic (exact) mass is 305 g/mol. The molecule has 0 aromatic carbocycles. The number of halogens is 1. The zero-order valence-electron chi connectivity index (χ0n) is 8.77. The number of sulfone groups is 1. The second-order valence-corrected chi connectivity index (χ2v) is 6.86. The summed E-state index contributed by atoms with van der Waals surface area (Å²) in [7, 11) is -1.12. The van der Waals surface area contributed by atoms with Crippen LogP contribution in [0.1, 0.15) is 18.2 Å².